The summed E-state index contributed by atoms with van der Waals surface area (Å²) in [6, 6.07) is 10.6. The highest BCUT2D eigenvalue weighted by Crippen LogP contribution is 2.24. The van der Waals surface area contributed by atoms with Gasteiger partial charge in [0.05, 0.1) is 0 Å². The zero-order valence-corrected chi connectivity index (χ0v) is 10.7. The van der Waals surface area contributed by atoms with E-state index in [0.717, 1.165) is 18.8 Å². The van der Waals surface area contributed by atoms with Crippen LogP contribution in [0, 0.1) is 0 Å². The average Bonchev–Trinajstić information content (AvgIpc) is 2.89. The van der Waals surface area contributed by atoms with Gasteiger partial charge in [-0.3, -0.25) is 0 Å². The minimum Gasteiger partial charge on any atom is -0.370 e. The van der Waals surface area contributed by atoms with Crippen molar-refractivity contribution in [2.24, 2.45) is 0 Å². The Bertz CT molecular complexity index is 634. The summed E-state index contributed by atoms with van der Waals surface area (Å²) in [6.07, 6.45) is 4.30. The molecule has 2 aromatic heterocycles. The molecule has 0 saturated carbocycles. The smallest absolute Gasteiger partial charge is 0.129 e. The van der Waals surface area contributed by atoms with E-state index in [9.17, 15) is 0 Å². The second-order valence-electron chi connectivity index (χ2n) is 4.02. The Kier molecular flexibility index (Phi) is 3.19. The van der Waals surface area contributed by atoms with Crippen molar-refractivity contribution in [1.29, 1.82) is 0 Å². The molecular formula is C14H13N3S. The van der Waals surface area contributed by atoms with Crippen LogP contribution in [0.3, 0.4) is 0 Å². The summed E-state index contributed by atoms with van der Waals surface area (Å²) in [5, 5.41) is 6.81. The van der Waals surface area contributed by atoms with Crippen LogP contribution in [0.2, 0.25) is 0 Å². The number of thiophene rings is 1. The number of nitrogens with one attached hydrogen (secondary N) is 1. The van der Waals surface area contributed by atoms with Gasteiger partial charge in [-0.05, 0) is 40.9 Å². The first-order valence-electron chi connectivity index (χ1n) is 5.88. The summed E-state index contributed by atoms with van der Waals surface area (Å²) in [6.45, 7) is 0.881. The quantitative estimate of drug-likeness (QED) is 0.777. The van der Waals surface area contributed by atoms with Gasteiger partial charge in [-0.25, -0.2) is 9.97 Å². The standard InChI is InChI=1S/C14H13N3S/c1-2-11(12-6-9-18-13(12)3-1)4-8-16-14-5-7-15-10-17-14/h1-3,5-7,9-10H,4,8H2,(H,15,16,17). The van der Waals surface area contributed by atoms with Gasteiger partial charge in [0.15, 0.2) is 0 Å². The van der Waals surface area contributed by atoms with Crippen molar-refractivity contribution in [3.63, 3.8) is 0 Å². The minimum atomic E-state index is 0.877. The van der Waals surface area contributed by atoms with Crippen molar-refractivity contribution in [2.75, 3.05) is 11.9 Å². The number of rotatable bonds is 4. The van der Waals surface area contributed by atoms with Crippen molar-refractivity contribution in [3.8, 4) is 0 Å². The third-order valence-corrected chi connectivity index (χ3v) is 3.75. The van der Waals surface area contributed by atoms with E-state index < -0.39 is 0 Å². The van der Waals surface area contributed by atoms with Gasteiger partial charge >= 0.3 is 0 Å². The molecule has 2 heterocycles. The van der Waals surface area contributed by atoms with Gasteiger partial charge in [0.1, 0.15) is 12.1 Å². The van der Waals surface area contributed by atoms with E-state index in [1.165, 1.54) is 15.6 Å². The molecule has 1 N–H and O–H groups in total. The summed E-state index contributed by atoms with van der Waals surface area (Å²) in [5.41, 5.74) is 1.38. The second kappa shape index (κ2) is 5.14. The van der Waals surface area contributed by atoms with Crippen LogP contribution in [0.25, 0.3) is 10.1 Å². The van der Waals surface area contributed by atoms with Crippen LogP contribution in [0.4, 0.5) is 5.82 Å². The molecule has 3 nitrogen and oxygen atoms in total. The second-order valence-corrected chi connectivity index (χ2v) is 4.97. The van der Waals surface area contributed by atoms with E-state index in [4.69, 9.17) is 0 Å². The average molecular weight is 255 g/mol. The number of anilines is 1. The molecule has 0 unspecified atom stereocenters. The Balaban J connectivity index is 1.68. The first kappa shape index (κ1) is 11.2. The van der Waals surface area contributed by atoms with Crippen LogP contribution in [0.15, 0.2) is 48.2 Å². The number of aromatic nitrogens is 2. The molecule has 0 atom stereocenters. The van der Waals surface area contributed by atoms with Crippen LogP contribution in [0.1, 0.15) is 5.56 Å². The van der Waals surface area contributed by atoms with Gasteiger partial charge in [-0.15, -0.1) is 11.3 Å². The molecule has 90 valence electrons. The molecule has 1 aromatic carbocycles. The van der Waals surface area contributed by atoms with Crippen molar-refractivity contribution in [3.05, 3.63) is 53.8 Å². The topological polar surface area (TPSA) is 37.8 Å². The fraction of sp³-hybridized carbons (Fsp3) is 0.143. The van der Waals surface area contributed by atoms with Gasteiger partial charge < -0.3 is 5.32 Å². The maximum absolute atomic E-state index is 4.14. The SMILES string of the molecule is c1cc(CCNc2ccncn2)c2ccsc2c1. The largest absolute Gasteiger partial charge is 0.370 e. The van der Waals surface area contributed by atoms with E-state index in [-0.39, 0.29) is 0 Å². The minimum absolute atomic E-state index is 0.877. The summed E-state index contributed by atoms with van der Waals surface area (Å²) >= 11 is 1.79. The lowest BCUT2D eigenvalue weighted by Gasteiger charge is -2.06. The Labute approximate surface area is 110 Å². The number of hydrogen-bond acceptors (Lipinski definition) is 4. The molecule has 0 radical (unpaired) electrons. The predicted octanol–water partition coefficient (Wildman–Crippen LogP) is 3.35. The molecule has 0 saturated heterocycles. The fourth-order valence-corrected chi connectivity index (χ4v) is 2.83. The summed E-state index contributed by atoms with van der Waals surface area (Å²) < 4.78 is 1.36. The molecule has 4 heteroatoms. The molecule has 3 rings (SSSR count). The Morgan fingerprint density at radius 2 is 2.17 bits per heavy atom. The zero-order valence-electron chi connectivity index (χ0n) is 9.84. The summed E-state index contributed by atoms with van der Waals surface area (Å²) in [5.74, 6) is 0.877. The fourth-order valence-electron chi connectivity index (χ4n) is 2.00. The Morgan fingerprint density at radius 1 is 1.17 bits per heavy atom. The number of nitrogens with zero attached hydrogens (tertiary/aromatic N) is 2. The third kappa shape index (κ3) is 2.33. The molecule has 3 aromatic rings. The summed E-state index contributed by atoms with van der Waals surface area (Å²) in [4.78, 5) is 8.04. The molecule has 0 aliphatic heterocycles. The van der Waals surface area contributed by atoms with Crippen molar-refractivity contribution >= 4 is 27.2 Å². The normalized spacial score (nSPS) is 10.7. The van der Waals surface area contributed by atoms with Crippen LogP contribution in [-0.4, -0.2) is 16.5 Å². The van der Waals surface area contributed by atoms with E-state index in [1.54, 1.807) is 23.9 Å². The highest BCUT2D eigenvalue weighted by atomic mass is 32.1. The van der Waals surface area contributed by atoms with E-state index in [1.807, 2.05) is 6.07 Å². The van der Waals surface area contributed by atoms with Crippen LogP contribution < -0.4 is 5.32 Å². The molecule has 18 heavy (non-hydrogen) atoms. The monoisotopic (exact) mass is 255 g/mol. The molecule has 0 amide bonds. The number of fused-ring (bicyclic) bond motifs is 1. The molecule has 0 spiro atoms. The van der Waals surface area contributed by atoms with Crippen molar-refractivity contribution in [1.82, 2.24) is 9.97 Å². The van der Waals surface area contributed by atoms with Gasteiger partial charge in [0.2, 0.25) is 0 Å². The number of hydrogen-bond donors (Lipinski definition) is 1. The van der Waals surface area contributed by atoms with E-state index in [0.29, 0.717) is 0 Å². The first-order valence-corrected chi connectivity index (χ1v) is 6.76. The molecule has 0 aliphatic carbocycles. The molecule has 0 fully saturated rings. The molecular weight excluding hydrogens is 242 g/mol. The van der Waals surface area contributed by atoms with Gasteiger partial charge in [-0.2, -0.15) is 0 Å². The van der Waals surface area contributed by atoms with E-state index >= 15 is 0 Å². The maximum atomic E-state index is 4.14. The number of benzene rings is 1. The van der Waals surface area contributed by atoms with Crippen LogP contribution in [-0.2, 0) is 6.42 Å². The first-order chi connectivity index (χ1) is 8.93. The highest BCUT2D eigenvalue weighted by Gasteiger charge is 2.01. The zero-order chi connectivity index (χ0) is 12.2. The van der Waals surface area contributed by atoms with E-state index in [2.05, 4.69) is 44.9 Å². The third-order valence-electron chi connectivity index (χ3n) is 2.87. The highest BCUT2D eigenvalue weighted by molar-refractivity contribution is 7.17. The lowest BCUT2D eigenvalue weighted by molar-refractivity contribution is 1.01. The van der Waals surface area contributed by atoms with Crippen molar-refractivity contribution < 1.29 is 0 Å². The van der Waals surface area contributed by atoms with Gasteiger partial charge in [0, 0.05) is 17.4 Å². The molecule has 0 bridgehead atoms. The lowest BCUT2D eigenvalue weighted by atomic mass is 10.1. The Hall–Kier alpha value is -1.94. The summed E-state index contributed by atoms with van der Waals surface area (Å²) in [7, 11) is 0. The molecule has 0 aliphatic rings. The van der Waals surface area contributed by atoms with Crippen LogP contribution >= 0.6 is 11.3 Å². The van der Waals surface area contributed by atoms with Gasteiger partial charge in [-0.1, -0.05) is 12.1 Å². The van der Waals surface area contributed by atoms with Crippen LogP contribution in [0.5, 0.6) is 0 Å². The maximum Gasteiger partial charge on any atom is 0.129 e. The predicted molar refractivity (Wildman–Crippen MR) is 76.1 cm³/mol. The lowest BCUT2D eigenvalue weighted by Crippen LogP contribution is -2.06. The Morgan fingerprint density at radius 3 is 3.06 bits per heavy atom. The van der Waals surface area contributed by atoms with Gasteiger partial charge in [0.25, 0.3) is 0 Å². The van der Waals surface area contributed by atoms with Crippen molar-refractivity contribution in [2.45, 2.75) is 6.42 Å².